The van der Waals surface area contributed by atoms with Crippen molar-refractivity contribution in [3.63, 3.8) is 0 Å². The Morgan fingerprint density at radius 1 is 1.11 bits per heavy atom. The summed E-state index contributed by atoms with van der Waals surface area (Å²) in [5, 5.41) is 10.4. The Morgan fingerprint density at radius 3 is 2.43 bits per heavy atom. The van der Waals surface area contributed by atoms with Crippen molar-refractivity contribution in [1.29, 1.82) is 0 Å². The van der Waals surface area contributed by atoms with E-state index in [2.05, 4.69) is 32.5 Å². The first-order chi connectivity index (χ1) is 16.8. The van der Waals surface area contributed by atoms with Gasteiger partial charge in [0.05, 0.1) is 6.54 Å². The van der Waals surface area contributed by atoms with E-state index in [1.807, 2.05) is 0 Å². The molecule has 2 fully saturated rings. The van der Waals surface area contributed by atoms with Gasteiger partial charge in [-0.2, -0.15) is 5.10 Å². The van der Waals surface area contributed by atoms with Crippen molar-refractivity contribution in [2.45, 2.75) is 70.5 Å². The monoisotopic (exact) mass is 487 g/mol. The number of carbonyl (C=O) groups excluding carboxylic acids is 3. The molecule has 0 spiro atoms. The molecule has 3 amide bonds. The molecule has 0 unspecified atom stereocenters. The van der Waals surface area contributed by atoms with Crippen LogP contribution < -0.4 is 10.6 Å². The zero-order valence-electron chi connectivity index (χ0n) is 21.5. The van der Waals surface area contributed by atoms with Crippen LogP contribution in [0.1, 0.15) is 73.3 Å². The zero-order valence-corrected chi connectivity index (χ0v) is 21.5. The highest BCUT2D eigenvalue weighted by atomic mass is 16.2. The lowest BCUT2D eigenvalue weighted by Crippen LogP contribution is -2.63. The van der Waals surface area contributed by atoms with Crippen LogP contribution in [-0.2, 0) is 11.3 Å². The van der Waals surface area contributed by atoms with Gasteiger partial charge in [0.1, 0.15) is 11.2 Å². The van der Waals surface area contributed by atoms with E-state index in [1.54, 1.807) is 14.0 Å². The highest BCUT2D eigenvalue weighted by Crippen LogP contribution is 2.27. The topological polar surface area (TPSA) is 103 Å². The van der Waals surface area contributed by atoms with Crippen molar-refractivity contribution in [2.75, 3.05) is 52.9 Å². The first-order valence-corrected chi connectivity index (χ1v) is 13.2. The lowest BCUT2D eigenvalue weighted by atomic mass is 9.95. The van der Waals surface area contributed by atoms with Gasteiger partial charge in [-0.05, 0) is 45.7 Å². The van der Waals surface area contributed by atoms with E-state index in [9.17, 15) is 14.4 Å². The molecule has 0 aromatic carbocycles. The predicted octanol–water partition coefficient (Wildman–Crippen LogP) is 0.934. The molecular formula is C25H41N7O3. The summed E-state index contributed by atoms with van der Waals surface area (Å²) in [6.45, 7) is 11.3. The molecule has 2 aliphatic heterocycles. The molecule has 4 rings (SSSR count). The molecule has 1 atom stereocenters. The number of hydrogen-bond donors (Lipinski definition) is 2. The van der Waals surface area contributed by atoms with E-state index in [0.717, 1.165) is 64.8 Å². The Labute approximate surface area is 208 Å². The average molecular weight is 488 g/mol. The maximum Gasteiger partial charge on any atom is 0.272 e. The van der Waals surface area contributed by atoms with Crippen LogP contribution in [0.3, 0.4) is 0 Å². The summed E-state index contributed by atoms with van der Waals surface area (Å²) in [7, 11) is 1.65. The van der Waals surface area contributed by atoms with Gasteiger partial charge in [-0.3, -0.25) is 19.1 Å². The van der Waals surface area contributed by atoms with Crippen molar-refractivity contribution >= 4 is 17.7 Å². The maximum atomic E-state index is 13.1. The number of hydrogen-bond acceptors (Lipinski definition) is 6. The fraction of sp³-hybridized carbons (Fsp3) is 0.760. The van der Waals surface area contributed by atoms with E-state index in [1.165, 1.54) is 28.6 Å². The first-order valence-electron chi connectivity index (χ1n) is 13.2. The number of carbonyl (C=O) groups is 3. The normalized spacial score (nSPS) is 24.0. The molecule has 3 heterocycles. The molecule has 35 heavy (non-hydrogen) atoms. The van der Waals surface area contributed by atoms with Gasteiger partial charge in [0.2, 0.25) is 5.91 Å². The van der Waals surface area contributed by atoms with Crippen LogP contribution >= 0.6 is 0 Å². The Kier molecular flexibility index (Phi) is 8.11. The molecule has 10 heteroatoms. The van der Waals surface area contributed by atoms with Crippen molar-refractivity contribution in [2.24, 2.45) is 0 Å². The summed E-state index contributed by atoms with van der Waals surface area (Å²) in [5.41, 5.74) is -0.489. The van der Waals surface area contributed by atoms with Crippen LogP contribution in [0.2, 0.25) is 0 Å². The van der Waals surface area contributed by atoms with Crippen LogP contribution in [0.5, 0.6) is 0 Å². The van der Waals surface area contributed by atoms with E-state index in [0.29, 0.717) is 12.2 Å². The van der Waals surface area contributed by atoms with Crippen molar-refractivity contribution in [1.82, 2.24) is 35.1 Å². The third-order valence-electron chi connectivity index (χ3n) is 7.86. The quantitative estimate of drug-likeness (QED) is 0.503. The van der Waals surface area contributed by atoms with Gasteiger partial charge in [0.15, 0.2) is 5.69 Å². The fourth-order valence-corrected chi connectivity index (χ4v) is 5.40. The second-order valence-corrected chi connectivity index (χ2v) is 10.5. The smallest absolute Gasteiger partial charge is 0.272 e. The van der Waals surface area contributed by atoms with Gasteiger partial charge < -0.3 is 25.3 Å². The molecule has 0 radical (unpaired) electrons. The van der Waals surface area contributed by atoms with E-state index in [4.69, 9.17) is 0 Å². The summed E-state index contributed by atoms with van der Waals surface area (Å²) < 4.78 is 1.52. The Hall–Kier alpha value is -2.46. The molecule has 3 aliphatic rings. The number of rotatable bonds is 9. The molecule has 1 aromatic rings. The Morgan fingerprint density at radius 2 is 1.77 bits per heavy atom. The van der Waals surface area contributed by atoms with Crippen LogP contribution in [0.25, 0.3) is 0 Å². The number of nitrogens with zero attached hydrogens (tertiary/aromatic N) is 5. The molecule has 194 valence electrons. The second-order valence-electron chi connectivity index (χ2n) is 10.5. The van der Waals surface area contributed by atoms with Crippen LogP contribution in [0.4, 0.5) is 0 Å². The third kappa shape index (κ3) is 5.69. The van der Waals surface area contributed by atoms with Gasteiger partial charge in [-0.15, -0.1) is 0 Å². The lowest BCUT2D eigenvalue weighted by Gasteiger charge is -2.41. The molecule has 1 saturated carbocycles. The molecular weight excluding hydrogens is 446 g/mol. The summed E-state index contributed by atoms with van der Waals surface area (Å²) in [5.74, 6) is -0.746. The highest BCUT2D eigenvalue weighted by molar-refractivity contribution is 6.01. The molecule has 0 bridgehead atoms. The number of aromatic nitrogens is 2. The molecule has 2 N–H and O–H groups in total. The molecule has 1 aliphatic carbocycles. The number of amides is 3. The average Bonchev–Trinajstić information content (AvgIpc) is 3.51. The third-order valence-corrected chi connectivity index (χ3v) is 7.86. The lowest BCUT2D eigenvalue weighted by molar-refractivity contribution is -0.133. The van der Waals surface area contributed by atoms with E-state index in [-0.39, 0.29) is 36.0 Å². The van der Waals surface area contributed by atoms with Gasteiger partial charge in [-0.1, -0.05) is 19.8 Å². The number of piperazine rings is 1. The standard InChI is InChI=1S/C25H41N7O3/c1-4-11-30-13-15-31(16-14-30)12-7-10-26-22(33)20-17-21-23(34)29(3)25(2,18-32(21)28-20)24(35)27-19-8-5-6-9-19/h17,19H,4-16,18H2,1-3H3,(H,26,33)(H,27,35)/t25-/m1/s1. The van der Waals surface area contributed by atoms with Gasteiger partial charge in [0.25, 0.3) is 11.8 Å². The van der Waals surface area contributed by atoms with Crippen LogP contribution in [-0.4, -0.2) is 107 Å². The highest BCUT2D eigenvalue weighted by Gasteiger charge is 2.46. The number of nitrogens with one attached hydrogen (secondary N) is 2. The van der Waals surface area contributed by atoms with Crippen molar-refractivity contribution in [3.05, 3.63) is 17.5 Å². The van der Waals surface area contributed by atoms with Crippen LogP contribution in [0.15, 0.2) is 6.07 Å². The van der Waals surface area contributed by atoms with Crippen molar-refractivity contribution in [3.8, 4) is 0 Å². The first kappa shape index (κ1) is 25.6. The summed E-state index contributed by atoms with van der Waals surface area (Å²) in [6.07, 6.45) is 6.26. The van der Waals surface area contributed by atoms with E-state index >= 15 is 0 Å². The molecule has 1 saturated heterocycles. The Balaban J connectivity index is 1.29. The summed E-state index contributed by atoms with van der Waals surface area (Å²) in [4.78, 5) is 45.3. The minimum Gasteiger partial charge on any atom is -0.351 e. The minimum atomic E-state index is -1.05. The fourth-order valence-electron chi connectivity index (χ4n) is 5.40. The molecule has 1 aromatic heterocycles. The van der Waals surface area contributed by atoms with Gasteiger partial charge in [0, 0.05) is 51.9 Å². The number of fused-ring (bicyclic) bond motifs is 1. The second kappa shape index (κ2) is 11.1. The number of likely N-dealkylation sites (N-methyl/N-ethyl adjacent to an activating group) is 1. The van der Waals surface area contributed by atoms with Crippen LogP contribution in [0, 0.1) is 0 Å². The largest absolute Gasteiger partial charge is 0.351 e. The zero-order chi connectivity index (χ0) is 25.0. The Bertz CT molecular complexity index is 918. The van der Waals surface area contributed by atoms with Gasteiger partial charge in [-0.25, -0.2) is 0 Å². The van der Waals surface area contributed by atoms with E-state index < -0.39 is 5.54 Å². The van der Waals surface area contributed by atoms with Gasteiger partial charge >= 0.3 is 0 Å². The SMILES string of the molecule is CCCN1CCN(CCCNC(=O)c2cc3n(n2)C[C@](C)(C(=O)NC2CCCC2)N(C)C3=O)CC1. The summed E-state index contributed by atoms with van der Waals surface area (Å²) >= 11 is 0. The predicted molar refractivity (Wildman–Crippen MR) is 133 cm³/mol. The van der Waals surface area contributed by atoms with Crippen molar-refractivity contribution < 1.29 is 14.4 Å². The summed E-state index contributed by atoms with van der Waals surface area (Å²) in [6, 6.07) is 1.71. The molecule has 10 nitrogen and oxygen atoms in total. The minimum absolute atomic E-state index is 0.164. The maximum absolute atomic E-state index is 13.1.